The molecule has 0 heterocycles. The Bertz CT molecular complexity index is 690. The summed E-state index contributed by atoms with van der Waals surface area (Å²) in [5.41, 5.74) is 1.89. The minimum Gasteiger partial charge on any atom is -0.299 e. The first-order valence-electron chi connectivity index (χ1n) is 9.36. The summed E-state index contributed by atoms with van der Waals surface area (Å²) >= 11 is 6.50. The van der Waals surface area contributed by atoms with E-state index in [0.717, 1.165) is 43.3 Å². The van der Waals surface area contributed by atoms with Crippen LogP contribution in [0, 0.1) is 34.5 Å². The number of Topliss-reactive ketones (excluding diaryl/α,β-unsaturated/α-hetero) is 2. The molecule has 3 fully saturated rings. The van der Waals surface area contributed by atoms with Crippen molar-refractivity contribution in [1.29, 1.82) is 0 Å². The van der Waals surface area contributed by atoms with Gasteiger partial charge in [0, 0.05) is 23.7 Å². The number of ketones is 2. The maximum atomic E-state index is 12.5. The second-order valence-corrected chi connectivity index (χ2v) is 9.48. The molecule has 0 aromatic heterocycles. The van der Waals surface area contributed by atoms with E-state index < -0.39 is 0 Å². The maximum absolute atomic E-state index is 12.5. The number of fused-ring (bicyclic) bond motifs is 5. The van der Waals surface area contributed by atoms with Crippen LogP contribution in [0.4, 0.5) is 0 Å². The van der Waals surface area contributed by atoms with Gasteiger partial charge in [-0.25, -0.2) is 0 Å². The second kappa shape index (κ2) is 5.06. The molecule has 0 aromatic rings. The van der Waals surface area contributed by atoms with Crippen molar-refractivity contribution in [2.45, 2.75) is 59.3 Å². The Labute approximate surface area is 149 Å². The van der Waals surface area contributed by atoms with Crippen molar-refractivity contribution in [3.05, 3.63) is 22.8 Å². The van der Waals surface area contributed by atoms with E-state index in [1.54, 1.807) is 0 Å². The van der Waals surface area contributed by atoms with Crippen molar-refractivity contribution in [2.24, 2.45) is 34.5 Å². The predicted molar refractivity (Wildman–Crippen MR) is 95.6 cm³/mol. The van der Waals surface area contributed by atoms with Crippen LogP contribution in [0.2, 0.25) is 0 Å². The Morgan fingerprint density at radius 3 is 2.54 bits per heavy atom. The molecule has 2 nitrogen and oxygen atoms in total. The zero-order valence-electron chi connectivity index (χ0n) is 15.0. The average molecular weight is 347 g/mol. The average Bonchev–Trinajstić information content (AvgIpc) is 2.81. The van der Waals surface area contributed by atoms with Crippen LogP contribution in [0.5, 0.6) is 0 Å². The van der Waals surface area contributed by atoms with Crippen LogP contribution in [0.1, 0.15) is 59.3 Å². The molecule has 3 saturated carbocycles. The molecule has 0 amide bonds. The van der Waals surface area contributed by atoms with Gasteiger partial charge in [0.15, 0.2) is 5.78 Å². The summed E-state index contributed by atoms with van der Waals surface area (Å²) in [6.07, 6.45) is 5.27. The van der Waals surface area contributed by atoms with Gasteiger partial charge in [-0.15, -0.1) is 0 Å². The van der Waals surface area contributed by atoms with E-state index in [4.69, 9.17) is 11.6 Å². The highest BCUT2D eigenvalue weighted by Gasteiger charge is 2.61. The molecule has 4 rings (SSSR count). The van der Waals surface area contributed by atoms with Gasteiger partial charge in [0.25, 0.3) is 0 Å². The van der Waals surface area contributed by atoms with Crippen LogP contribution >= 0.6 is 11.6 Å². The number of carbonyl (C=O) groups is 2. The Hall–Kier alpha value is -0.890. The number of carbonyl (C=O) groups excluding carboxylic acids is 2. The van der Waals surface area contributed by atoms with Gasteiger partial charge >= 0.3 is 0 Å². The van der Waals surface area contributed by atoms with Gasteiger partial charge in [0.05, 0.1) is 5.03 Å². The lowest BCUT2D eigenvalue weighted by Crippen LogP contribution is -2.53. The first kappa shape index (κ1) is 16.6. The molecule has 0 aliphatic heterocycles. The SMILES string of the molecule is C=C1C[C@@H]2[C@@H](CC[C@]3(C)C(=O)CC[C@@H]23)[C@]2(C)C1=C(Cl)C(=O)CC2C. The summed E-state index contributed by atoms with van der Waals surface area (Å²) < 4.78 is 0. The quantitative estimate of drug-likeness (QED) is 0.614. The molecule has 6 atom stereocenters. The summed E-state index contributed by atoms with van der Waals surface area (Å²) in [5, 5.41) is 0.440. The van der Waals surface area contributed by atoms with Crippen molar-refractivity contribution in [3.8, 4) is 0 Å². The minimum absolute atomic E-state index is 0.0715. The van der Waals surface area contributed by atoms with Crippen LogP contribution in [0.15, 0.2) is 22.8 Å². The monoisotopic (exact) mass is 346 g/mol. The van der Waals surface area contributed by atoms with Crippen molar-refractivity contribution in [1.82, 2.24) is 0 Å². The van der Waals surface area contributed by atoms with Gasteiger partial charge in [-0.3, -0.25) is 9.59 Å². The van der Waals surface area contributed by atoms with Crippen molar-refractivity contribution < 1.29 is 9.59 Å². The smallest absolute Gasteiger partial charge is 0.174 e. The Balaban J connectivity index is 1.83. The summed E-state index contributed by atoms with van der Waals surface area (Å²) in [5.74, 6) is 2.33. The molecular formula is C21H27ClO2. The zero-order valence-corrected chi connectivity index (χ0v) is 15.7. The Kier molecular flexibility index (Phi) is 3.50. The molecule has 0 bridgehead atoms. The fraction of sp³-hybridized carbons (Fsp3) is 0.714. The van der Waals surface area contributed by atoms with E-state index >= 15 is 0 Å². The third-order valence-corrected chi connectivity index (χ3v) is 8.67. The summed E-state index contributed by atoms with van der Waals surface area (Å²) in [7, 11) is 0. The second-order valence-electron chi connectivity index (χ2n) is 9.10. The minimum atomic E-state index is -0.128. The predicted octanol–water partition coefficient (Wildman–Crippen LogP) is 5.07. The third kappa shape index (κ3) is 1.84. The third-order valence-electron chi connectivity index (χ3n) is 8.27. The summed E-state index contributed by atoms with van der Waals surface area (Å²) in [4.78, 5) is 24.8. The zero-order chi connectivity index (χ0) is 17.4. The summed E-state index contributed by atoms with van der Waals surface area (Å²) in [6, 6.07) is 0. The van der Waals surface area contributed by atoms with Gasteiger partial charge in [-0.1, -0.05) is 39.0 Å². The molecular weight excluding hydrogens is 320 g/mol. The fourth-order valence-corrected chi connectivity index (χ4v) is 7.18. The molecule has 130 valence electrons. The van der Waals surface area contributed by atoms with Crippen LogP contribution in [0.3, 0.4) is 0 Å². The molecule has 0 saturated heterocycles. The van der Waals surface area contributed by atoms with E-state index in [1.807, 2.05) is 0 Å². The van der Waals surface area contributed by atoms with E-state index in [1.165, 1.54) is 0 Å². The molecule has 0 spiro atoms. The van der Waals surface area contributed by atoms with Crippen LogP contribution in [-0.4, -0.2) is 11.6 Å². The highest BCUT2D eigenvalue weighted by molar-refractivity contribution is 6.43. The maximum Gasteiger partial charge on any atom is 0.174 e. The lowest BCUT2D eigenvalue weighted by molar-refractivity contribution is -0.133. The van der Waals surface area contributed by atoms with Gasteiger partial charge < -0.3 is 0 Å². The van der Waals surface area contributed by atoms with Crippen molar-refractivity contribution in [2.75, 3.05) is 0 Å². The van der Waals surface area contributed by atoms with E-state index in [-0.39, 0.29) is 22.5 Å². The number of hydrogen-bond donors (Lipinski definition) is 0. The number of rotatable bonds is 0. The fourth-order valence-electron chi connectivity index (χ4n) is 6.76. The first-order chi connectivity index (χ1) is 11.2. The topological polar surface area (TPSA) is 34.1 Å². The molecule has 1 unspecified atom stereocenters. The molecule has 0 radical (unpaired) electrons. The molecule has 4 aliphatic carbocycles. The Morgan fingerprint density at radius 2 is 1.83 bits per heavy atom. The lowest BCUT2D eigenvalue weighted by atomic mass is 9.44. The first-order valence-corrected chi connectivity index (χ1v) is 9.74. The normalized spacial score (nSPS) is 48.2. The number of allylic oxidation sites excluding steroid dienone is 2. The van der Waals surface area contributed by atoms with Gasteiger partial charge in [-0.2, -0.15) is 0 Å². The molecule has 0 N–H and O–H groups in total. The van der Waals surface area contributed by atoms with E-state index in [2.05, 4.69) is 27.4 Å². The summed E-state index contributed by atoms with van der Waals surface area (Å²) in [6.45, 7) is 11.0. The lowest BCUT2D eigenvalue weighted by Gasteiger charge is -2.59. The van der Waals surface area contributed by atoms with Gasteiger partial charge in [0.2, 0.25) is 0 Å². The van der Waals surface area contributed by atoms with E-state index in [9.17, 15) is 9.59 Å². The molecule has 24 heavy (non-hydrogen) atoms. The highest BCUT2D eigenvalue weighted by Crippen LogP contribution is 2.67. The van der Waals surface area contributed by atoms with Crippen molar-refractivity contribution >= 4 is 23.2 Å². The number of hydrogen-bond acceptors (Lipinski definition) is 2. The standard InChI is InChI=1S/C21H27ClO2/c1-11-9-13-14-5-6-17(24)20(14,3)8-7-15(13)21(4)12(2)10-16(23)19(22)18(11)21/h12-15H,1,5-10H2,2-4H3/t12?,13-,14-,15+,20-,21+/m0/s1. The largest absolute Gasteiger partial charge is 0.299 e. The van der Waals surface area contributed by atoms with Crippen molar-refractivity contribution in [3.63, 3.8) is 0 Å². The molecule has 3 heteroatoms. The highest BCUT2D eigenvalue weighted by atomic mass is 35.5. The van der Waals surface area contributed by atoms with Crippen LogP contribution in [0.25, 0.3) is 0 Å². The van der Waals surface area contributed by atoms with Gasteiger partial charge in [-0.05, 0) is 60.5 Å². The van der Waals surface area contributed by atoms with Gasteiger partial charge in [0.1, 0.15) is 5.78 Å². The molecule has 0 aromatic carbocycles. The Morgan fingerprint density at radius 1 is 1.12 bits per heavy atom. The molecule has 4 aliphatic rings. The number of halogens is 1. The van der Waals surface area contributed by atoms with Crippen LogP contribution in [-0.2, 0) is 9.59 Å². The van der Waals surface area contributed by atoms with E-state index in [0.29, 0.717) is 35.0 Å². The van der Waals surface area contributed by atoms with Crippen LogP contribution < -0.4 is 0 Å².